The Bertz CT molecular complexity index is 663. The topological polar surface area (TPSA) is 45.2 Å². The molecule has 0 aliphatic carbocycles. The van der Waals surface area contributed by atoms with Crippen LogP contribution >= 0.6 is 11.3 Å². The van der Waals surface area contributed by atoms with Gasteiger partial charge >= 0.3 is 0 Å². The minimum absolute atomic E-state index is 0.0112. The van der Waals surface area contributed by atoms with Crippen molar-refractivity contribution in [3.8, 4) is 0 Å². The Kier molecular flexibility index (Phi) is 3.91. The third-order valence-electron chi connectivity index (χ3n) is 5.19. The van der Waals surface area contributed by atoms with E-state index in [2.05, 4.69) is 32.0 Å². The predicted octanol–water partition coefficient (Wildman–Crippen LogP) is 2.78. The van der Waals surface area contributed by atoms with E-state index in [4.69, 9.17) is 0 Å². The Hall–Kier alpha value is -1.72. The lowest BCUT2D eigenvalue weighted by atomic mass is 9.82. The molecule has 0 radical (unpaired) electrons. The minimum atomic E-state index is -0.0351. The van der Waals surface area contributed by atoms with Crippen LogP contribution in [0.2, 0.25) is 0 Å². The zero-order valence-electron chi connectivity index (χ0n) is 13.1. The van der Waals surface area contributed by atoms with Gasteiger partial charge in [-0.1, -0.05) is 6.07 Å². The van der Waals surface area contributed by atoms with Crippen LogP contribution < -0.4 is 5.32 Å². The number of rotatable bonds is 3. The van der Waals surface area contributed by atoms with Crippen molar-refractivity contribution >= 4 is 17.2 Å². The fraction of sp³-hybridized carbons (Fsp3) is 0.444. The van der Waals surface area contributed by atoms with Crippen molar-refractivity contribution < 1.29 is 4.79 Å². The summed E-state index contributed by atoms with van der Waals surface area (Å²) in [5, 5.41) is 7.66. The van der Waals surface area contributed by atoms with Gasteiger partial charge in [-0.2, -0.15) is 11.3 Å². The van der Waals surface area contributed by atoms with Crippen LogP contribution in [0.1, 0.15) is 36.3 Å². The SMILES string of the molecule is O=C1NC2(CCN(Cc3ccsc3)CC2)C[C@@H]1c1cccnc1. The Morgan fingerprint density at radius 2 is 2.22 bits per heavy atom. The molecule has 4 rings (SSSR count). The molecule has 2 fully saturated rings. The van der Waals surface area contributed by atoms with Crippen LogP contribution in [0.15, 0.2) is 41.4 Å². The van der Waals surface area contributed by atoms with Crippen LogP contribution in [0, 0.1) is 0 Å². The van der Waals surface area contributed by atoms with Crippen LogP contribution in [0.4, 0.5) is 0 Å². The van der Waals surface area contributed by atoms with Crippen molar-refractivity contribution in [2.24, 2.45) is 0 Å². The standard InChI is InChI=1S/C18H21N3OS/c22-17-16(15-2-1-6-19-11-15)10-18(20-17)4-7-21(8-5-18)12-14-3-9-23-13-14/h1-3,6,9,11,13,16H,4-5,7-8,10,12H2,(H,20,22)/t16-/m1/s1. The van der Waals surface area contributed by atoms with E-state index in [0.29, 0.717) is 0 Å². The summed E-state index contributed by atoms with van der Waals surface area (Å²) in [6, 6.07) is 6.13. The number of carbonyl (C=O) groups excluding carboxylic acids is 1. The van der Waals surface area contributed by atoms with E-state index in [0.717, 1.165) is 44.5 Å². The fourth-order valence-corrected chi connectivity index (χ4v) is 4.50. The van der Waals surface area contributed by atoms with E-state index in [1.54, 1.807) is 17.5 Å². The lowest BCUT2D eigenvalue weighted by molar-refractivity contribution is -0.121. The van der Waals surface area contributed by atoms with E-state index in [9.17, 15) is 4.79 Å². The molecule has 2 aliphatic heterocycles. The third-order valence-corrected chi connectivity index (χ3v) is 5.92. The number of likely N-dealkylation sites (tertiary alicyclic amines) is 1. The molecular formula is C18H21N3OS. The van der Waals surface area contributed by atoms with Crippen molar-refractivity contribution in [1.82, 2.24) is 15.2 Å². The van der Waals surface area contributed by atoms with Gasteiger partial charge in [0.25, 0.3) is 0 Å². The van der Waals surface area contributed by atoms with E-state index >= 15 is 0 Å². The van der Waals surface area contributed by atoms with Crippen LogP contribution in [-0.2, 0) is 11.3 Å². The average Bonchev–Trinajstić information content (AvgIpc) is 3.19. The Balaban J connectivity index is 1.40. The number of pyridine rings is 1. The zero-order valence-corrected chi connectivity index (χ0v) is 13.9. The highest BCUT2D eigenvalue weighted by atomic mass is 32.1. The molecule has 1 amide bonds. The van der Waals surface area contributed by atoms with Gasteiger partial charge in [0.15, 0.2) is 0 Å². The first-order valence-corrected chi connectivity index (χ1v) is 9.14. The number of thiophene rings is 1. The molecule has 1 atom stereocenters. The smallest absolute Gasteiger partial charge is 0.228 e. The van der Waals surface area contributed by atoms with Crippen LogP contribution in [0.25, 0.3) is 0 Å². The molecule has 2 aromatic heterocycles. The Morgan fingerprint density at radius 3 is 2.91 bits per heavy atom. The van der Waals surface area contributed by atoms with Gasteiger partial charge < -0.3 is 5.32 Å². The highest BCUT2D eigenvalue weighted by Gasteiger charge is 2.46. The monoisotopic (exact) mass is 327 g/mol. The molecule has 4 heterocycles. The first-order chi connectivity index (χ1) is 11.2. The first kappa shape index (κ1) is 14.8. The van der Waals surface area contributed by atoms with Crippen molar-refractivity contribution in [2.75, 3.05) is 13.1 Å². The zero-order chi connectivity index (χ0) is 15.7. The van der Waals surface area contributed by atoms with E-state index in [-0.39, 0.29) is 17.4 Å². The molecule has 1 spiro atoms. The van der Waals surface area contributed by atoms with Gasteiger partial charge in [0.1, 0.15) is 0 Å². The number of piperidine rings is 1. The number of carbonyl (C=O) groups is 1. The van der Waals surface area contributed by atoms with Crippen LogP contribution in [0.3, 0.4) is 0 Å². The van der Waals surface area contributed by atoms with Gasteiger partial charge in [0.05, 0.1) is 5.92 Å². The third kappa shape index (κ3) is 3.03. The average molecular weight is 327 g/mol. The summed E-state index contributed by atoms with van der Waals surface area (Å²) < 4.78 is 0. The van der Waals surface area contributed by atoms with Crippen molar-refractivity contribution in [1.29, 1.82) is 0 Å². The fourth-order valence-electron chi connectivity index (χ4n) is 3.84. The highest BCUT2D eigenvalue weighted by molar-refractivity contribution is 7.07. The molecule has 5 heteroatoms. The molecule has 2 saturated heterocycles. The molecule has 120 valence electrons. The molecule has 0 saturated carbocycles. The number of amides is 1. The summed E-state index contributed by atoms with van der Waals surface area (Å²) in [5.41, 5.74) is 2.43. The van der Waals surface area contributed by atoms with Crippen molar-refractivity contribution in [3.05, 3.63) is 52.5 Å². The molecule has 0 unspecified atom stereocenters. The molecule has 4 nitrogen and oxygen atoms in total. The van der Waals surface area contributed by atoms with Crippen molar-refractivity contribution in [3.63, 3.8) is 0 Å². The number of nitrogens with zero attached hydrogens (tertiary/aromatic N) is 2. The minimum Gasteiger partial charge on any atom is -0.350 e. The number of hydrogen-bond donors (Lipinski definition) is 1. The molecule has 0 aromatic carbocycles. The maximum absolute atomic E-state index is 12.4. The molecule has 2 aliphatic rings. The second kappa shape index (κ2) is 6.06. The highest BCUT2D eigenvalue weighted by Crippen LogP contribution is 2.39. The van der Waals surface area contributed by atoms with Gasteiger partial charge in [0, 0.05) is 37.6 Å². The van der Waals surface area contributed by atoms with E-state index in [1.807, 2.05) is 18.3 Å². The first-order valence-electron chi connectivity index (χ1n) is 8.20. The summed E-state index contributed by atoms with van der Waals surface area (Å²) in [6.07, 6.45) is 6.58. The van der Waals surface area contributed by atoms with Gasteiger partial charge in [-0.25, -0.2) is 0 Å². The van der Waals surface area contributed by atoms with Crippen LogP contribution in [0.5, 0.6) is 0 Å². The quantitative estimate of drug-likeness (QED) is 0.943. The Morgan fingerprint density at radius 1 is 1.35 bits per heavy atom. The lowest BCUT2D eigenvalue weighted by Gasteiger charge is -2.39. The molecule has 2 aromatic rings. The number of nitrogens with one attached hydrogen (secondary N) is 1. The summed E-state index contributed by atoms with van der Waals surface area (Å²) in [5.74, 6) is 0.136. The van der Waals surface area contributed by atoms with Crippen molar-refractivity contribution in [2.45, 2.75) is 37.3 Å². The van der Waals surface area contributed by atoms with E-state index < -0.39 is 0 Å². The second-order valence-electron chi connectivity index (χ2n) is 6.72. The summed E-state index contributed by atoms with van der Waals surface area (Å²) in [4.78, 5) is 19.1. The summed E-state index contributed by atoms with van der Waals surface area (Å²) in [7, 11) is 0. The maximum Gasteiger partial charge on any atom is 0.228 e. The summed E-state index contributed by atoms with van der Waals surface area (Å²) >= 11 is 1.76. The predicted molar refractivity (Wildman–Crippen MR) is 91.3 cm³/mol. The molecular weight excluding hydrogens is 306 g/mol. The van der Waals surface area contributed by atoms with Gasteiger partial charge in [-0.3, -0.25) is 14.7 Å². The van der Waals surface area contributed by atoms with Gasteiger partial charge in [0.2, 0.25) is 5.91 Å². The maximum atomic E-state index is 12.4. The molecule has 1 N–H and O–H groups in total. The molecule has 0 bridgehead atoms. The van der Waals surface area contributed by atoms with E-state index in [1.165, 1.54) is 5.56 Å². The summed E-state index contributed by atoms with van der Waals surface area (Å²) in [6.45, 7) is 3.13. The number of aromatic nitrogens is 1. The Labute approximate surface area is 140 Å². The van der Waals surface area contributed by atoms with Gasteiger partial charge in [-0.05, 0) is 53.3 Å². The van der Waals surface area contributed by atoms with Gasteiger partial charge in [-0.15, -0.1) is 0 Å². The van der Waals surface area contributed by atoms with Crippen LogP contribution in [-0.4, -0.2) is 34.4 Å². The number of hydrogen-bond acceptors (Lipinski definition) is 4. The second-order valence-corrected chi connectivity index (χ2v) is 7.50. The largest absolute Gasteiger partial charge is 0.350 e. The normalized spacial score (nSPS) is 24.0. The molecule has 23 heavy (non-hydrogen) atoms. The lowest BCUT2D eigenvalue weighted by Crippen LogP contribution is -2.50.